The van der Waals surface area contributed by atoms with Gasteiger partial charge in [-0.3, -0.25) is 9.36 Å². The van der Waals surface area contributed by atoms with E-state index in [0.29, 0.717) is 17.6 Å². The molecule has 4 rings (SSSR count). The molecule has 0 saturated heterocycles. The first-order valence-electron chi connectivity index (χ1n) is 10.4. The van der Waals surface area contributed by atoms with Gasteiger partial charge in [0.1, 0.15) is 5.75 Å². The highest BCUT2D eigenvalue weighted by atomic mass is 32.2. The fourth-order valence-electron chi connectivity index (χ4n) is 3.08. The van der Waals surface area contributed by atoms with Crippen LogP contribution >= 0.6 is 23.1 Å². The number of aromatic nitrogens is 3. The van der Waals surface area contributed by atoms with E-state index < -0.39 is 0 Å². The molecule has 2 aromatic heterocycles. The Morgan fingerprint density at radius 1 is 1.12 bits per heavy atom. The van der Waals surface area contributed by atoms with E-state index in [1.165, 1.54) is 16.6 Å². The van der Waals surface area contributed by atoms with Gasteiger partial charge in [0.25, 0.3) is 5.91 Å². The number of nitrogens with one attached hydrogen (secondary N) is 1. The third-order valence-corrected chi connectivity index (χ3v) is 6.41. The molecule has 0 spiro atoms. The lowest BCUT2D eigenvalue weighted by Crippen LogP contribution is -2.19. The summed E-state index contributed by atoms with van der Waals surface area (Å²) in [5, 5.41) is 13.4. The largest absolute Gasteiger partial charge is 0.494 e. The molecule has 0 atom stereocenters. The number of hydrazone groups is 1. The Morgan fingerprint density at radius 2 is 1.91 bits per heavy atom. The number of nitrogens with zero attached hydrogens (tertiary/aromatic N) is 4. The molecule has 9 heteroatoms. The fourth-order valence-corrected chi connectivity index (χ4v) is 4.58. The van der Waals surface area contributed by atoms with Gasteiger partial charge in [-0.15, -0.1) is 21.5 Å². The van der Waals surface area contributed by atoms with Crippen LogP contribution in [0.2, 0.25) is 0 Å². The summed E-state index contributed by atoms with van der Waals surface area (Å²) >= 11 is 2.92. The Balaban J connectivity index is 1.52. The summed E-state index contributed by atoms with van der Waals surface area (Å²) in [5.74, 6) is 1.44. The summed E-state index contributed by atoms with van der Waals surface area (Å²) in [7, 11) is 0. The zero-order chi connectivity index (χ0) is 23.0. The average molecular weight is 478 g/mol. The molecule has 7 nitrogen and oxygen atoms in total. The van der Waals surface area contributed by atoms with E-state index in [0.717, 1.165) is 21.9 Å². The number of aryl methyl sites for hydroxylation is 1. The molecule has 0 saturated carbocycles. The summed E-state index contributed by atoms with van der Waals surface area (Å²) in [5.41, 5.74) is 4.39. The van der Waals surface area contributed by atoms with Crippen LogP contribution in [0.4, 0.5) is 0 Å². The monoisotopic (exact) mass is 477 g/mol. The standard InChI is InChI=1S/C24H23N5O2S2/c1-3-31-20-12-10-19(11-13-20)29-23(18-7-5-4-6-8-18)27-28-24(29)32-16-22(30)26-25-15-21-14-9-17(2)33-21/h4-15H,3,16H2,1-2H3,(H,26,30)/b25-15+. The minimum absolute atomic E-state index is 0.158. The smallest absolute Gasteiger partial charge is 0.250 e. The van der Waals surface area contributed by atoms with Gasteiger partial charge in [-0.2, -0.15) is 5.10 Å². The minimum atomic E-state index is -0.216. The second-order valence-corrected chi connectivity index (χ2v) is 9.23. The summed E-state index contributed by atoms with van der Waals surface area (Å²) in [4.78, 5) is 14.5. The molecule has 0 aliphatic carbocycles. The van der Waals surface area contributed by atoms with Crippen LogP contribution in [-0.2, 0) is 4.79 Å². The Morgan fingerprint density at radius 3 is 2.61 bits per heavy atom. The third-order valence-electron chi connectivity index (χ3n) is 4.55. The summed E-state index contributed by atoms with van der Waals surface area (Å²) < 4.78 is 7.51. The molecule has 0 aliphatic rings. The summed E-state index contributed by atoms with van der Waals surface area (Å²) in [6.07, 6.45) is 1.65. The predicted octanol–water partition coefficient (Wildman–Crippen LogP) is 4.95. The van der Waals surface area contributed by atoms with Crippen molar-refractivity contribution in [2.75, 3.05) is 12.4 Å². The number of thioether (sulfide) groups is 1. The lowest BCUT2D eigenvalue weighted by Gasteiger charge is -2.11. The van der Waals surface area contributed by atoms with E-state index in [-0.39, 0.29) is 11.7 Å². The highest BCUT2D eigenvalue weighted by Crippen LogP contribution is 2.28. The Hall–Kier alpha value is -3.43. The van der Waals surface area contributed by atoms with Crippen LogP contribution in [0.15, 0.2) is 77.0 Å². The van der Waals surface area contributed by atoms with Gasteiger partial charge in [0.15, 0.2) is 11.0 Å². The van der Waals surface area contributed by atoms with Gasteiger partial charge < -0.3 is 4.74 Å². The molecule has 33 heavy (non-hydrogen) atoms. The number of hydrogen-bond acceptors (Lipinski definition) is 7. The predicted molar refractivity (Wildman–Crippen MR) is 133 cm³/mol. The van der Waals surface area contributed by atoms with E-state index in [1.54, 1.807) is 17.6 Å². The lowest BCUT2D eigenvalue weighted by molar-refractivity contribution is -0.118. The molecule has 0 aliphatic heterocycles. The topological polar surface area (TPSA) is 81.4 Å². The van der Waals surface area contributed by atoms with Crippen LogP contribution in [0.5, 0.6) is 5.75 Å². The van der Waals surface area contributed by atoms with Crippen LogP contribution in [0, 0.1) is 6.92 Å². The zero-order valence-corrected chi connectivity index (χ0v) is 19.9. The van der Waals surface area contributed by atoms with Gasteiger partial charge >= 0.3 is 0 Å². The number of ether oxygens (including phenoxy) is 1. The van der Waals surface area contributed by atoms with E-state index in [1.807, 2.05) is 85.1 Å². The van der Waals surface area contributed by atoms with Gasteiger partial charge in [-0.1, -0.05) is 42.1 Å². The number of hydrogen-bond donors (Lipinski definition) is 1. The quantitative estimate of drug-likeness (QED) is 0.210. The van der Waals surface area contributed by atoms with Crippen LogP contribution in [0.25, 0.3) is 17.1 Å². The minimum Gasteiger partial charge on any atom is -0.494 e. The lowest BCUT2D eigenvalue weighted by atomic mass is 10.2. The highest BCUT2D eigenvalue weighted by molar-refractivity contribution is 7.99. The van der Waals surface area contributed by atoms with Gasteiger partial charge in [0.05, 0.1) is 18.6 Å². The Labute approximate surface area is 200 Å². The first-order valence-corrected chi connectivity index (χ1v) is 12.2. The number of carbonyl (C=O) groups excluding carboxylic acids is 1. The Bertz CT molecular complexity index is 1230. The summed E-state index contributed by atoms with van der Waals surface area (Å²) in [6, 6.07) is 21.6. The van der Waals surface area contributed by atoms with Gasteiger partial charge in [-0.25, -0.2) is 5.43 Å². The first kappa shape index (κ1) is 22.8. The number of rotatable bonds is 9. The maximum Gasteiger partial charge on any atom is 0.250 e. The SMILES string of the molecule is CCOc1ccc(-n2c(SCC(=O)N/N=C/c3ccc(C)s3)nnc2-c2ccccc2)cc1. The van der Waals surface area contributed by atoms with E-state index in [2.05, 4.69) is 20.7 Å². The zero-order valence-electron chi connectivity index (χ0n) is 18.3. The maximum atomic E-state index is 12.3. The van der Waals surface area contributed by atoms with Crippen molar-refractivity contribution >= 4 is 35.2 Å². The molecular formula is C24H23N5O2S2. The molecule has 0 fully saturated rings. The first-order chi connectivity index (χ1) is 16.1. The van der Waals surface area contributed by atoms with Crippen molar-refractivity contribution in [2.45, 2.75) is 19.0 Å². The van der Waals surface area contributed by atoms with Crippen molar-refractivity contribution in [3.63, 3.8) is 0 Å². The fraction of sp³-hybridized carbons (Fsp3) is 0.167. The second-order valence-electron chi connectivity index (χ2n) is 6.96. The van der Waals surface area contributed by atoms with Crippen molar-refractivity contribution in [1.29, 1.82) is 0 Å². The molecule has 168 valence electrons. The second kappa shape index (κ2) is 10.9. The molecule has 4 aromatic rings. The van der Waals surface area contributed by atoms with Gasteiger partial charge in [-0.05, 0) is 50.2 Å². The van der Waals surface area contributed by atoms with Crippen LogP contribution < -0.4 is 10.2 Å². The molecular weight excluding hydrogens is 454 g/mol. The van der Waals surface area contributed by atoms with Gasteiger partial charge in [0.2, 0.25) is 0 Å². The van der Waals surface area contributed by atoms with E-state index in [4.69, 9.17) is 4.74 Å². The number of thiophene rings is 1. The number of amides is 1. The molecule has 0 unspecified atom stereocenters. The normalized spacial score (nSPS) is 11.1. The van der Waals surface area contributed by atoms with E-state index in [9.17, 15) is 4.79 Å². The molecule has 2 heterocycles. The van der Waals surface area contributed by atoms with Crippen molar-refractivity contribution in [1.82, 2.24) is 20.2 Å². The van der Waals surface area contributed by atoms with Crippen LogP contribution in [0.3, 0.4) is 0 Å². The molecule has 0 radical (unpaired) electrons. The molecule has 1 amide bonds. The van der Waals surface area contributed by atoms with Crippen LogP contribution in [0.1, 0.15) is 16.7 Å². The summed E-state index contributed by atoms with van der Waals surface area (Å²) in [6.45, 7) is 4.58. The third kappa shape index (κ3) is 5.88. The number of carbonyl (C=O) groups is 1. The maximum absolute atomic E-state index is 12.3. The van der Waals surface area contributed by atoms with E-state index >= 15 is 0 Å². The van der Waals surface area contributed by atoms with Gasteiger partial charge in [0, 0.05) is 21.0 Å². The number of benzene rings is 2. The Kier molecular flexibility index (Phi) is 7.54. The van der Waals surface area contributed by atoms with Crippen molar-refractivity contribution in [3.05, 3.63) is 76.5 Å². The van der Waals surface area contributed by atoms with Crippen molar-refractivity contribution in [3.8, 4) is 22.8 Å². The van der Waals surface area contributed by atoms with Crippen molar-refractivity contribution < 1.29 is 9.53 Å². The average Bonchev–Trinajstić information content (AvgIpc) is 3.45. The van der Waals surface area contributed by atoms with Crippen LogP contribution in [-0.4, -0.2) is 39.2 Å². The molecule has 0 bridgehead atoms. The van der Waals surface area contributed by atoms with Crippen molar-refractivity contribution in [2.24, 2.45) is 5.10 Å². The molecule has 1 N–H and O–H groups in total. The molecule has 2 aromatic carbocycles. The highest BCUT2D eigenvalue weighted by Gasteiger charge is 2.17.